The fraction of sp³-hybridized carbons (Fsp3) is 0. The van der Waals surface area contributed by atoms with Crippen molar-refractivity contribution in [1.82, 2.24) is 29.8 Å². The van der Waals surface area contributed by atoms with E-state index >= 15 is 0 Å². The van der Waals surface area contributed by atoms with E-state index in [1.807, 2.05) is 36.5 Å². The minimum atomic E-state index is 0.816. The summed E-state index contributed by atoms with van der Waals surface area (Å²) in [6.45, 7) is 0. The normalized spacial score (nSPS) is 11.0. The van der Waals surface area contributed by atoms with Gasteiger partial charge in [0.1, 0.15) is 6.33 Å². The number of nitrogens with zero attached hydrogens (tertiary/aromatic N) is 5. The van der Waals surface area contributed by atoms with Crippen molar-refractivity contribution in [1.29, 1.82) is 0 Å². The van der Waals surface area contributed by atoms with Gasteiger partial charge in [0.05, 0.1) is 17.6 Å². The molecule has 0 aromatic carbocycles. The molecule has 0 spiro atoms. The summed E-state index contributed by atoms with van der Waals surface area (Å²) in [5, 5.41) is 11.3. The van der Waals surface area contributed by atoms with Crippen LogP contribution in [0.2, 0.25) is 0 Å². The summed E-state index contributed by atoms with van der Waals surface area (Å²) in [4.78, 5) is 8.49. The minimum absolute atomic E-state index is 0.816. The zero-order valence-electron chi connectivity index (χ0n) is 10.4. The molecule has 6 nitrogen and oxygen atoms in total. The number of hydrogen-bond donors (Lipinski definition) is 1. The molecule has 4 aromatic heterocycles. The summed E-state index contributed by atoms with van der Waals surface area (Å²) in [7, 11) is 0. The first-order valence-electron chi connectivity index (χ1n) is 6.16. The number of pyridine rings is 2. The standard InChI is InChI=1S/C14H10N6/c1-2-6-15-12(3-1)14-11(7-17-19-14)10-4-5-13-16-9-18-20(13)8-10/h1-9H,(H,17,19). The van der Waals surface area contributed by atoms with Crippen LogP contribution in [-0.4, -0.2) is 29.8 Å². The molecule has 0 saturated heterocycles. The van der Waals surface area contributed by atoms with Gasteiger partial charge in [0.2, 0.25) is 0 Å². The predicted molar refractivity (Wildman–Crippen MR) is 73.8 cm³/mol. The molecule has 0 aliphatic heterocycles. The predicted octanol–water partition coefficient (Wildman–Crippen LogP) is 2.18. The lowest BCUT2D eigenvalue weighted by atomic mass is 10.1. The van der Waals surface area contributed by atoms with Crippen LogP contribution in [0.15, 0.2) is 55.2 Å². The van der Waals surface area contributed by atoms with Crippen molar-refractivity contribution in [3.8, 4) is 22.5 Å². The Balaban J connectivity index is 1.88. The van der Waals surface area contributed by atoms with Gasteiger partial charge in [-0.3, -0.25) is 10.1 Å². The van der Waals surface area contributed by atoms with E-state index in [1.54, 1.807) is 16.9 Å². The van der Waals surface area contributed by atoms with Crippen LogP contribution in [0.25, 0.3) is 28.2 Å². The van der Waals surface area contributed by atoms with E-state index in [0.29, 0.717) is 0 Å². The van der Waals surface area contributed by atoms with Gasteiger partial charge in [-0.2, -0.15) is 10.2 Å². The summed E-state index contributed by atoms with van der Waals surface area (Å²) >= 11 is 0. The minimum Gasteiger partial charge on any atom is -0.276 e. The molecule has 0 fully saturated rings. The maximum atomic E-state index is 4.35. The lowest BCUT2D eigenvalue weighted by Crippen LogP contribution is -1.90. The third kappa shape index (κ3) is 1.66. The van der Waals surface area contributed by atoms with Crippen molar-refractivity contribution >= 4 is 5.65 Å². The average molecular weight is 262 g/mol. The number of rotatable bonds is 2. The van der Waals surface area contributed by atoms with Crippen molar-refractivity contribution in [3.05, 3.63) is 55.2 Å². The van der Waals surface area contributed by atoms with Crippen LogP contribution in [0.4, 0.5) is 0 Å². The maximum absolute atomic E-state index is 4.35. The van der Waals surface area contributed by atoms with Crippen molar-refractivity contribution in [2.75, 3.05) is 0 Å². The van der Waals surface area contributed by atoms with E-state index in [9.17, 15) is 0 Å². The number of hydrogen-bond acceptors (Lipinski definition) is 4. The largest absolute Gasteiger partial charge is 0.276 e. The topological polar surface area (TPSA) is 71.8 Å². The van der Waals surface area contributed by atoms with E-state index in [-0.39, 0.29) is 0 Å². The van der Waals surface area contributed by atoms with Gasteiger partial charge in [0, 0.05) is 23.5 Å². The molecule has 0 radical (unpaired) electrons. The quantitative estimate of drug-likeness (QED) is 0.601. The summed E-state index contributed by atoms with van der Waals surface area (Å²) in [5.74, 6) is 0. The lowest BCUT2D eigenvalue weighted by Gasteiger charge is -2.03. The highest BCUT2D eigenvalue weighted by atomic mass is 15.3. The van der Waals surface area contributed by atoms with Crippen molar-refractivity contribution in [3.63, 3.8) is 0 Å². The van der Waals surface area contributed by atoms with Crippen molar-refractivity contribution in [2.45, 2.75) is 0 Å². The summed E-state index contributed by atoms with van der Waals surface area (Å²) in [6.07, 6.45) is 7.02. The van der Waals surface area contributed by atoms with Crippen LogP contribution in [0.5, 0.6) is 0 Å². The SMILES string of the molecule is c1ccc(-c2[nH]ncc2-c2ccc3ncnn3c2)nc1. The third-order valence-corrected chi connectivity index (χ3v) is 3.15. The highest BCUT2D eigenvalue weighted by Crippen LogP contribution is 2.28. The van der Waals surface area contributed by atoms with E-state index in [0.717, 1.165) is 28.2 Å². The summed E-state index contributed by atoms with van der Waals surface area (Å²) < 4.78 is 1.74. The van der Waals surface area contributed by atoms with Gasteiger partial charge in [-0.25, -0.2) is 9.50 Å². The molecule has 0 atom stereocenters. The van der Waals surface area contributed by atoms with Crippen LogP contribution >= 0.6 is 0 Å². The van der Waals surface area contributed by atoms with Crippen LogP contribution in [0.3, 0.4) is 0 Å². The smallest absolute Gasteiger partial charge is 0.155 e. The highest BCUT2D eigenvalue weighted by molar-refractivity contribution is 5.78. The van der Waals surface area contributed by atoms with E-state index in [4.69, 9.17) is 0 Å². The second-order valence-electron chi connectivity index (χ2n) is 4.35. The van der Waals surface area contributed by atoms with Crippen molar-refractivity contribution < 1.29 is 0 Å². The average Bonchev–Trinajstić information content (AvgIpc) is 3.16. The molecular formula is C14H10N6. The zero-order chi connectivity index (χ0) is 13.4. The number of H-pyrrole nitrogens is 1. The zero-order valence-corrected chi connectivity index (χ0v) is 10.4. The van der Waals surface area contributed by atoms with Gasteiger partial charge in [-0.05, 0) is 24.3 Å². The van der Waals surface area contributed by atoms with Gasteiger partial charge in [-0.1, -0.05) is 6.07 Å². The first-order chi connectivity index (χ1) is 9.92. The number of fused-ring (bicyclic) bond motifs is 1. The molecule has 96 valence electrons. The molecule has 4 aromatic rings. The molecule has 0 saturated carbocycles. The van der Waals surface area contributed by atoms with Gasteiger partial charge in [-0.15, -0.1) is 0 Å². The maximum Gasteiger partial charge on any atom is 0.155 e. The van der Waals surface area contributed by atoms with Gasteiger partial charge >= 0.3 is 0 Å². The van der Waals surface area contributed by atoms with Gasteiger partial charge in [0.25, 0.3) is 0 Å². The summed E-state index contributed by atoms with van der Waals surface area (Å²) in [5.41, 5.74) is 4.57. The Bertz CT molecular complexity index is 861. The fourth-order valence-corrected chi connectivity index (χ4v) is 2.19. The number of aromatic nitrogens is 6. The molecule has 0 aliphatic carbocycles. The molecule has 20 heavy (non-hydrogen) atoms. The van der Waals surface area contributed by atoms with Gasteiger partial charge < -0.3 is 0 Å². The second-order valence-corrected chi connectivity index (χ2v) is 4.35. The van der Waals surface area contributed by atoms with E-state index < -0.39 is 0 Å². The fourth-order valence-electron chi connectivity index (χ4n) is 2.19. The Hall–Kier alpha value is -3.02. The molecule has 4 rings (SSSR count). The van der Waals surface area contributed by atoms with E-state index in [2.05, 4.69) is 25.3 Å². The Morgan fingerprint density at radius 1 is 1.05 bits per heavy atom. The van der Waals surface area contributed by atoms with Crippen LogP contribution in [0, 0.1) is 0 Å². The Labute approximate surface area is 114 Å². The molecule has 0 unspecified atom stereocenters. The first kappa shape index (κ1) is 10.9. The lowest BCUT2D eigenvalue weighted by molar-refractivity contribution is 0.963. The molecular weight excluding hydrogens is 252 g/mol. The molecule has 1 N–H and O–H groups in total. The number of nitrogens with one attached hydrogen (secondary N) is 1. The molecule has 0 aliphatic rings. The van der Waals surface area contributed by atoms with Crippen LogP contribution in [-0.2, 0) is 0 Å². The molecule has 4 heterocycles. The number of aromatic amines is 1. The highest BCUT2D eigenvalue weighted by Gasteiger charge is 2.11. The third-order valence-electron chi connectivity index (χ3n) is 3.15. The van der Waals surface area contributed by atoms with Gasteiger partial charge in [0.15, 0.2) is 5.65 Å². The van der Waals surface area contributed by atoms with Crippen molar-refractivity contribution in [2.24, 2.45) is 0 Å². The molecule has 6 heteroatoms. The van der Waals surface area contributed by atoms with Crippen LogP contribution < -0.4 is 0 Å². The molecule has 0 bridgehead atoms. The Kier molecular flexibility index (Phi) is 2.32. The monoisotopic (exact) mass is 262 g/mol. The van der Waals surface area contributed by atoms with E-state index in [1.165, 1.54) is 6.33 Å². The van der Waals surface area contributed by atoms with Crippen LogP contribution in [0.1, 0.15) is 0 Å². The summed E-state index contributed by atoms with van der Waals surface area (Å²) in [6, 6.07) is 9.72. The Morgan fingerprint density at radius 3 is 2.95 bits per heavy atom. The second kappa shape index (κ2) is 4.27. The molecule has 0 amide bonds. The first-order valence-corrected chi connectivity index (χ1v) is 6.16. The Morgan fingerprint density at radius 2 is 2.05 bits per heavy atom.